The van der Waals surface area contributed by atoms with Crippen molar-refractivity contribution in [3.63, 3.8) is 0 Å². The van der Waals surface area contributed by atoms with Gasteiger partial charge in [0.05, 0.1) is 11.3 Å². The minimum absolute atomic E-state index is 0. The van der Waals surface area contributed by atoms with Crippen molar-refractivity contribution < 1.29 is 9.53 Å². The van der Waals surface area contributed by atoms with E-state index in [-0.39, 0.29) is 18.3 Å². The second kappa shape index (κ2) is 11.5. The van der Waals surface area contributed by atoms with Gasteiger partial charge >= 0.3 is 0 Å². The van der Waals surface area contributed by atoms with E-state index in [4.69, 9.17) is 9.72 Å². The van der Waals surface area contributed by atoms with Gasteiger partial charge in [0.2, 0.25) is 0 Å². The van der Waals surface area contributed by atoms with Gasteiger partial charge in [-0.15, -0.1) is 12.4 Å². The van der Waals surface area contributed by atoms with E-state index in [0.29, 0.717) is 23.8 Å². The molecule has 0 aliphatic carbocycles. The standard InChI is InChI=1S/C26H29N3O2S.ClH/c1-4-28(5-2)16-17-29(25(30)21-15-14-19-10-7-8-11-20(19)18-21)26-27-24-22(31-6-3)12-9-13-23(24)32-26;/h7-15,18H,4-6,16-17H2,1-3H3;1H. The van der Waals surface area contributed by atoms with Crippen LogP contribution < -0.4 is 9.64 Å². The van der Waals surface area contributed by atoms with Crippen molar-refractivity contribution in [1.29, 1.82) is 0 Å². The number of likely N-dealkylation sites (N-methyl/N-ethyl adjacent to an activating group) is 1. The summed E-state index contributed by atoms with van der Waals surface area (Å²) in [4.78, 5) is 22.7. The Balaban J connectivity index is 0.00000306. The molecule has 1 aromatic heterocycles. The van der Waals surface area contributed by atoms with Gasteiger partial charge in [0.25, 0.3) is 5.91 Å². The molecule has 4 rings (SSSR count). The van der Waals surface area contributed by atoms with Crippen molar-refractivity contribution in [3.05, 3.63) is 66.2 Å². The maximum Gasteiger partial charge on any atom is 0.260 e. The SMILES string of the molecule is CCOc1cccc2sc(N(CCN(CC)CC)C(=O)c3ccc4ccccc4c3)nc12.Cl. The molecule has 3 aromatic carbocycles. The molecule has 0 unspecified atom stereocenters. The topological polar surface area (TPSA) is 45.7 Å². The summed E-state index contributed by atoms with van der Waals surface area (Å²) < 4.78 is 6.79. The van der Waals surface area contributed by atoms with E-state index in [9.17, 15) is 4.79 Å². The van der Waals surface area contributed by atoms with Crippen molar-refractivity contribution in [1.82, 2.24) is 9.88 Å². The van der Waals surface area contributed by atoms with Gasteiger partial charge in [-0.2, -0.15) is 0 Å². The Hall–Kier alpha value is -2.67. The van der Waals surface area contributed by atoms with Crippen LogP contribution in [0.2, 0.25) is 0 Å². The molecule has 0 radical (unpaired) electrons. The number of benzene rings is 3. The molecule has 1 amide bonds. The highest BCUT2D eigenvalue weighted by molar-refractivity contribution is 7.22. The number of nitrogens with zero attached hydrogens (tertiary/aromatic N) is 3. The predicted molar refractivity (Wildman–Crippen MR) is 141 cm³/mol. The molecule has 4 aromatic rings. The first-order valence-electron chi connectivity index (χ1n) is 11.2. The lowest BCUT2D eigenvalue weighted by Gasteiger charge is -2.25. The van der Waals surface area contributed by atoms with Gasteiger partial charge in [0.1, 0.15) is 11.3 Å². The third kappa shape index (κ3) is 5.46. The number of aromatic nitrogens is 1. The Kier molecular flexibility index (Phi) is 8.67. The number of rotatable bonds is 9. The van der Waals surface area contributed by atoms with E-state index in [1.807, 2.05) is 66.4 Å². The van der Waals surface area contributed by atoms with Gasteiger partial charge in [0.15, 0.2) is 5.13 Å². The summed E-state index contributed by atoms with van der Waals surface area (Å²) in [5.74, 6) is 0.731. The fraction of sp³-hybridized carbons (Fsp3) is 0.308. The second-order valence-electron chi connectivity index (χ2n) is 7.58. The highest BCUT2D eigenvalue weighted by Crippen LogP contribution is 2.35. The third-order valence-electron chi connectivity index (χ3n) is 5.68. The van der Waals surface area contributed by atoms with E-state index < -0.39 is 0 Å². The Labute approximate surface area is 205 Å². The molecule has 0 N–H and O–H groups in total. The van der Waals surface area contributed by atoms with Crippen LogP contribution in [-0.4, -0.2) is 48.6 Å². The Bertz CT molecular complexity index is 1220. The van der Waals surface area contributed by atoms with Crippen molar-refractivity contribution in [2.45, 2.75) is 20.8 Å². The number of hydrogen-bond acceptors (Lipinski definition) is 5. The third-order valence-corrected chi connectivity index (χ3v) is 6.72. The van der Waals surface area contributed by atoms with Gasteiger partial charge < -0.3 is 9.64 Å². The van der Waals surface area contributed by atoms with Crippen LogP contribution in [0.25, 0.3) is 21.0 Å². The average molecular weight is 484 g/mol. The normalized spacial score (nSPS) is 11.0. The Morgan fingerprint density at radius 1 is 0.939 bits per heavy atom. The van der Waals surface area contributed by atoms with Crippen molar-refractivity contribution in [2.24, 2.45) is 0 Å². The number of carbonyl (C=O) groups is 1. The molecule has 0 saturated carbocycles. The minimum atomic E-state index is -0.0278. The van der Waals surface area contributed by atoms with E-state index in [1.54, 1.807) is 0 Å². The summed E-state index contributed by atoms with van der Waals surface area (Å²) in [5, 5.41) is 2.89. The Morgan fingerprint density at radius 3 is 2.42 bits per heavy atom. The van der Waals surface area contributed by atoms with Crippen LogP contribution in [0.5, 0.6) is 5.75 Å². The molecule has 174 valence electrons. The van der Waals surface area contributed by atoms with Crippen molar-refractivity contribution in [3.8, 4) is 5.75 Å². The molecule has 5 nitrogen and oxygen atoms in total. The zero-order valence-corrected chi connectivity index (χ0v) is 20.9. The van der Waals surface area contributed by atoms with Gasteiger partial charge in [-0.3, -0.25) is 9.69 Å². The smallest absolute Gasteiger partial charge is 0.260 e. The summed E-state index contributed by atoms with van der Waals surface area (Å²) in [6.45, 7) is 10.1. The summed E-state index contributed by atoms with van der Waals surface area (Å²) in [7, 11) is 0. The quantitative estimate of drug-likeness (QED) is 0.282. The van der Waals surface area contributed by atoms with Crippen LogP contribution in [0.4, 0.5) is 5.13 Å². The number of thiazole rings is 1. The maximum absolute atomic E-state index is 13.7. The average Bonchev–Trinajstić information content (AvgIpc) is 3.26. The molecule has 0 spiro atoms. The first-order chi connectivity index (χ1) is 15.6. The predicted octanol–water partition coefficient (Wildman–Crippen LogP) is 6.26. The number of halogens is 1. The van der Waals surface area contributed by atoms with E-state index in [2.05, 4.69) is 24.8 Å². The lowest BCUT2D eigenvalue weighted by atomic mass is 10.1. The van der Waals surface area contributed by atoms with Crippen molar-refractivity contribution in [2.75, 3.05) is 37.7 Å². The summed E-state index contributed by atoms with van der Waals surface area (Å²) in [6, 6.07) is 19.9. The number of amides is 1. The fourth-order valence-corrected chi connectivity index (χ4v) is 4.85. The number of anilines is 1. The van der Waals surface area contributed by atoms with Crippen LogP contribution in [0.3, 0.4) is 0 Å². The summed E-state index contributed by atoms with van der Waals surface area (Å²) in [5.41, 5.74) is 1.49. The zero-order chi connectivity index (χ0) is 22.5. The molecule has 0 aliphatic heterocycles. The van der Waals surface area contributed by atoms with E-state index in [0.717, 1.165) is 46.4 Å². The number of para-hydroxylation sites is 1. The first kappa shape index (κ1) is 25.0. The second-order valence-corrected chi connectivity index (χ2v) is 8.59. The number of fused-ring (bicyclic) bond motifs is 2. The molecule has 0 fully saturated rings. The summed E-state index contributed by atoms with van der Waals surface area (Å²) in [6.07, 6.45) is 0. The largest absolute Gasteiger partial charge is 0.492 e. The molecule has 1 heterocycles. The maximum atomic E-state index is 13.7. The van der Waals surface area contributed by atoms with Crippen LogP contribution in [0.15, 0.2) is 60.7 Å². The zero-order valence-electron chi connectivity index (χ0n) is 19.3. The monoisotopic (exact) mass is 483 g/mol. The molecule has 0 bridgehead atoms. The van der Waals surface area contributed by atoms with E-state index in [1.165, 1.54) is 11.3 Å². The van der Waals surface area contributed by atoms with Gasteiger partial charge in [-0.1, -0.05) is 61.6 Å². The van der Waals surface area contributed by atoms with Crippen LogP contribution in [0, 0.1) is 0 Å². The molecular weight excluding hydrogens is 454 g/mol. The van der Waals surface area contributed by atoms with Gasteiger partial charge in [0, 0.05) is 18.7 Å². The molecule has 33 heavy (non-hydrogen) atoms. The highest BCUT2D eigenvalue weighted by atomic mass is 35.5. The van der Waals surface area contributed by atoms with Crippen molar-refractivity contribution >= 4 is 55.8 Å². The highest BCUT2D eigenvalue weighted by Gasteiger charge is 2.23. The van der Waals surface area contributed by atoms with Crippen LogP contribution in [-0.2, 0) is 0 Å². The lowest BCUT2D eigenvalue weighted by Crippen LogP contribution is -2.38. The Morgan fingerprint density at radius 2 is 1.70 bits per heavy atom. The minimum Gasteiger partial charge on any atom is -0.492 e. The van der Waals surface area contributed by atoms with E-state index >= 15 is 0 Å². The molecule has 7 heteroatoms. The summed E-state index contributed by atoms with van der Waals surface area (Å²) >= 11 is 1.53. The first-order valence-corrected chi connectivity index (χ1v) is 12.0. The molecule has 0 atom stereocenters. The fourth-order valence-electron chi connectivity index (χ4n) is 3.84. The van der Waals surface area contributed by atoms with Gasteiger partial charge in [-0.25, -0.2) is 4.98 Å². The number of hydrogen-bond donors (Lipinski definition) is 0. The molecule has 0 aliphatic rings. The lowest BCUT2D eigenvalue weighted by molar-refractivity contribution is 0.0984. The number of carbonyl (C=O) groups excluding carboxylic acids is 1. The molecular formula is C26H30ClN3O2S. The van der Waals surface area contributed by atoms with Gasteiger partial charge in [-0.05, 0) is 55.1 Å². The van der Waals surface area contributed by atoms with Crippen LogP contribution >= 0.6 is 23.7 Å². The molecule has 0 saturated heterocycles. The van der Waals surface area contributed by atoms with Crippen LogP contribution in [0.1, 0.15) is 31.1 Å². The number of ether oxygens (including phenoxy) is 1.